The predicted octanol–water partition coefficient (Wildman–Crippen LogP) is -0.414. The summed E-state index contributed by atoms with van der Waals surface area (Å²) in [6.45, 7) is 0. The van der Waals surface area contributed by atoms with Crippen LogP contribution in [0.25, 0.3) is 0 Å². The highest BCUT2D eigenvalue weighted by Crippen LogP contribution is 1.82. The lowest BCUT2D eigenvalue weighted by molar-refractivity contribution is 1.23. The van der Waals surface area contributed by atoms with Gasteiger partial charge in [0.05, 0.1) is 0 Å². The van der Waals surface area contributed by atoms with E-state index in [1.165, 1.54) is 0 Å². The molecule has 0 aromatic carbocycles. The number of nitriles is 1. The molecular weight excluding hydrogens is 156 g/mol. The third-order valence-electron chi connectivity index (χ3n) is 0.400. The quantitative estimate of drug-likeness (QED) is 0.112. The Morgan fingerprint density at radius 2 is 2.44 bits per heavy atom. The number of nitrogens with two attached hydrogens (primary N) is 1. The van der Waals surface area contributed by atoms with E-state index in [0.717, 1.165) is 0 Å². The molecular formula is C3H4N4S2. The zero-order valence-electron chi connectivity index (χ0n) is 4.33. The largest absolute Gasteiger partial charge is 0.369 e. The zero-order valence-corrected chi connectivity index (χ0v) is 6.04. The van der Waals surface area contributed by atoms with Crippen molar-refractivity contribution in [3.8, 4) is 6.19 Å². The lowest BCUT2D eigenvalue weighted by atomic mass is 10.9. The van der Waals surface area contributed by atoms with Gasteiger partial charge in [-0.1, -0.05) is 12.2 Å². The second-order valence-corrected chi connectivity index (χ2v) is 2.13. The molecule has 0 saturated carbocycles. The van der Waals surface area contributed by atoms with E-state index >= 15 is 0 Å². The molecule has 3 N–H and O–H groups in total. The highest BCUT2D eigenvalue weighted by Gasteiger charge is 1.86. The number of hydrogen-bond donors (Lipinski definition) is 3. The summed E-state index contributed by atoms with van der Waals surface area (Å²) in [5.74, 6) is -0.0440. The second kappa shape index (κ2) is 4.12. The number of aliphatic imine (C=N–C) groups is 1. The Morgan fingerprint density at radius 3 is 2.78 bits per heavy atom. The molecule has 0 fully saturated rings. The maximum atomic E-state index is 7.96. The van der Waals surface area contributed by atoms with Crippen molar-refractivity contribution in [3.05, 3.63) is 0 Å². The first-order chi connectivity index (χ1) is 4.16. The van der Waals surface area contributed by atoms with Crippen LogP contribution in [0.4, 0.5) is 0 Å². The fraction of sp³-hybridized carbons (Fsp3) is 0. The van der Waals surface area contributed by atoms with Gasteiger partial charge >= 0.3 is 0 Å². The van der Waals surface area contributed by atoms with Gasteiger partial charge in [-0.3, -0.25) is 5.32 Å². The first-order valence-electron chi connectivity index (χ1n) is 1.89. The molecule has 0 spiro atoms. The van der Waals surface area contributed by atoms with Crippen molar-refractivity contribution < 1.29 is 0 Å². The molecule has 0 unspecified atom stereocenters. The average molecular weight is 160 g/mol. The van der Waals surface area contributed by atoms with E-state index in [0.29, 0.717) is 0 Å². The summed E-state index contributed by atoms with van der Waals surface area (Å²) >= 11 is 8.08. The van der Waals surface area contributed by atoms with Crippen molar-refractivity contribution in [3.63, 3.8) is 0 Å². The van der Waals surface area contributed by atoms with Gasteiger partial charge in [-0.2, -0.15) is 10.3 Å². The minimum absolute atomic E-state index is 0.0440. The Labute approximate surface area is 63.2 Å². The molecule has 0 aromatic heterocycles. The molecule has 0 heterocycles. The molecule has 0 atom stereocenters. The van der Waals surface area contributed by atoms with E-state index in [9.17, 15) is 0 Å². The van der Waals surface area contributed by atoms with Gasteiger partial charge in [-0.05, 0) is 0 Å². The van der Waals surface area contributed by atoms with Crippen molar-refractivity contribution in [2.75, 3.05) is 0 Å². The third-order valence-corrected chi connectivity index (χ3v) is 0.591. The molecule has 0 bridgehead atoms. The number of nitrogens with zero attached hydrogens (tertiary/aromatic N) is 2. The van der Waals surface area contributed by atoms with E-state index in [4.69, 9.17) is 11.0 Å². The van der Waals surface area contributed by atoms with Gasteiger partial charge in [0.15, 0.2) is 10.5 Å². The lowest BCUT2D eigenvalue weighted by Crippen LogP contribution is -2.27. The number of thiol groups is 1. The minimum atomic E-state index is -0.0440. The van der Waals surface area contributed by atoms with Crippen LogP contribution >= 0.6 is 24.8 Å². The van der Waals surface area contributed by atoms with E-state index < -0.39 is 0 Å². The topological polar surface area (TPSA) is 74.2 Å². The van der Waals surface area contributed by atoms with Crippen LogP contribution < -0.4 is 11.1 Å². The molecule has 4 nitrogen and oxygen atoms in total. The first kappa shape index (κ1) is 8.20. The highest BCUT2D eigenvalue weighted by molar-refractivity contribution is 8.11. The summed E-state index contributed by atoms with van der Waals surface area (Å²) < 4.78 is 0.0928. The molecule has 0 aromatic rings. The fourth-order valence-corrected chi connectivity index (χ4v) is 0.394. The van der Waals surface area contributed by atoms with Gasteiger partial charge in [-0.15, -0.1) is 12.6 Å². The molecule has 0 saturated heterocycles. The van der Waals surface area contributed by atoms with Crippen LogP contribution in [0.2, 0.25) is 0 Å². The summed E-state index contributed by atoms with van der Waals surface area (Å²) in [5, 5.41) is 10.0. The monoisotopic (exact) mass is 160 g/mol. The van der Waals surface area contributed by atoms with Gasteiger partial charge in [0, 0.05) is 0 Å². The Morgan fingerprint density at radius 1 is 1.89 bits per heavy atom. The lowest BCUT2D eigenvalue weighted by Gasteiger charge is -1.90. The summed E-state index contributed by atoms with van der Waals surface area (Å²) in [5.41, 5.74) is 5.07. The Bertz CT molecular complexity index is 179. The minimum Gasteiger partial charge on any atom is -0.369 e. The van der Waals surface area contributed by atoms with Crippen molar-refractivity contribution >= 4 is 35.1 Å². The van der Waals surface area contributed by atoms with Crippen molar-refractivity contribution in [1.82, 2.24) is 5.32 Å². The van der Waals surface area contributed by atoms with Crippen LogP contribution in [0.1, 0.15) is 0 Å². The summed E-state index contributed by atoms with van der Waals surface area (Å²) in [4.78, 5) is 3.42. The third kappa shape index (κ3) is 5.06. The Balaban J connectivity index is 3.88. The first-order valence-corrected chi connectivity index (χ1v) is 2.74. The van der Waals surface area contributed by atoms with Gasteiger partial charge in [-0.25, -0.2) is 0 Å². The van der Waals surface area contributed by atoms with E-state index in [1.807, 2.05) is 0 Å². The average Bonchev–Trinajstić information content (AvgIpc) is 1.63. The number of guanidine groups is 1. The van der Waals surface area contributed by atoms with Gasteiger partial charge < -0.3 is 5.73 Å². The predicted molar refractivity (Wildman–Crippen MR) is 42.0 cm³/mol. The van der Waals surface area contributed by atoms with Crippen LogP contribution in [0.3, 0.4) is 0 Å². The molecule has 48 valence electrons. The smallest absolute Gasteiger partial charge is 0.208 e. The van der Waals surface area contributed by atoms with Crippen LogP contribution in [-0.4, -0.2) is 10.3 Å². The SMILES string of the molecule is N#CNC(N)=NC(=S)S. The highest BCUT2D eigenvalue weighted by atomic mass is 32.1. The second-order valence-electron chi connectivity index (χ2n) is 1.02. The van der Waals surface area contributed by atoms with Crippen LogP contribution in [0, 0.1) is 11.5 Å². The molecule has 0 aliphatic heterocycles. The molecule has 0 rings (SSSR count). The summed E-state index contributed by atoms with van der Waals surface area (Å²) in [6, 6.07) is 0. The summed E-state index contributed by atoms with van der Waals surface area (Å²) in [6.07, 6.45) is 1.57. The number of rotatable bonds is 0. The van der Waals surface area contributed by atoms with Gasteiger partial charge in [0.2, 0.25) is 5.96 Å². The maximum absolute atomic E-state index is 7.96. The standard InChI is InChI=1S/C3H4N4S2/c4-1-6-2(5)7-3(8)9/h(H4,5,6,7,8,9). The van der Waals surface area contributed by atoms with Crippen molar-refractivity contribution in [2.45, 2.75) is 0 Å². The number of thiocarbonyl (C=S) groups is 1. The summed E-state index contributed by atoms with van der Waals surface area (Å²) in [7, 11) is 0. The normalized spacial score (nSPS) is 10.0. The van der Waals surface area contributed by atoms with Crippen molar-refractivity contribution in [1.29, 1.82) is 5.26 Å². The molecule has 9 heavy (non-hydrogen) atoms. The van der Waals surface area contributed by atoms with Gasteiger partial charge in [0.1, 0.15) is 0 Å². The van der Waals surface area contributed by atoms with E-state index in [2.05, 4.69) is 35.2 Å². The Hall–Kier alpha value is -0.800. The number of nitrogens with one attached hydrogen (secondary N) is 1. The molecule has 0 radical (unpaired) electrons. The van der Waals surface area contributed by atoms with Crippen molar-refractivity contribution in [2.24, 2.45) is 10.7 Å². The van der Waals surface area contributed by atoms with E-state index in [1.54, 1.807) is 6.19 Å². The zero-order chi connectivity index (χ0) is 7.28. The molecule has 6 heteroatoms. The molecule has 0 amide bonds. The van der Waals surface area contributed by atoms with Crippen LogP contribution in [0.5, 0.6) is 0 Å². The fourth-order valence-electron chi connectivity index (χ4n) is 0.188. The maximum Gasteiger partial charge on any atom is 0.208 e. The van der Waals surface area contributed by atoms with Crippen LogP contribution in [-0.2, 0) is 0 Å². The molecule has 0 aliphatic carbocycles. The van der Waals surface area contributed by atoms with Crippen LogP contribution in [0.15, 0.2) is 4.99 Å². The molecule has 0 aliphatic rings. The Kier molecular flexibility index (Phi) is 3.75. The number of hydrogen-bond acceptors (Lipinski definition) is 2. The van der Waals surface area contributed by atoms with E-state index in [-0.39, 0.29) is 10.3 Å². The van der Waals surface area contributed by atoms with Gasteiger partial charge in [0.25, 0.3) is 0 Å².